The van der Waals surface area contributed by atoms with E-state index in [1.165, 1.54) is 4.68 Å². The van der Waals surface area contributed by atoms with Crippen molar-refractivity contribution in [3.63, 3.8) is 0 Å². The Bertz CT molecular complexity index is 864. The number of carbonyl (C=O) groups excluding carboxylic acids is 3. The topological polar surface area (TPSA) is 117 Å². The monoisotopic (exact) mass is 384 g/mol. The van der Waals surface area contributed by atoms with Crippen molar-refractivity contribution >= 4 is 23.5 Å². The Kier molecular flexibility index (Phi) is 6.05. The highest BCUT2D eigenvalue weighted by atomic mass is 16.2. The molecule has 9 nitrogen and oxygen atoms in total. The van der Waals surface area contributed by atoms with Crippen LogP contribution in [0, 0.1) is 6.92 Å². The molecule has 1 aromatic heterocycles. The van der Waals surface area contributed by atoms with Crippen molar-refractivity contribution in [2.75, 3.05) is 5.32 Å². The predicted molar refractivity (Wildman–Crippen MR) is 103 cm³/mol. The van der Waals surface area contributed by atoms with Crippen molar-refractivity contribution in [1.82, 2.24) is 25.7 Å². The first-order chi connectivity index (χ1) is 13.5. The number of carbonyl (C=O) groups is 3. The van der Waals surface area contributed by atoms with E-state index in [0.29, 0.717) is 17.9 Å². The van der Waals surface area contributed by atoms with Gasteiger partial charge in [-0.05, 0) is 18.9 Å². The van der Waals surface area contributed by atoms with Crippen LogP contribution in [0.2, 0.25) is 0 Å². The normalized spacial score (nSPS) is 19.0. The zero-order chi connectivity index (χ0) is 20.1. The van der Waals surface area contributed by atoms with Crippen LogP contribution < -0.4 is 21.3 Å². The molecule has 4 N–H and O–H groups in total. The van der Waals surface area contributed by atoms with Gasteiger partial charge in [0.1, 0.15) is 5.82 Å². The summed E-state index contributed by atoms with van der Waals surface area (Å²) >= 11 is 0. The molecule has 2 unspecified atom stereocenters. The van der Waals surface area contributed by atoms with Gasteiger partial charge in [-0.15, -0.1) is 0 Å². The molecular formula is C19H24N6O3. The molecule has 3 rings (SSSR count). The van der Waals surface area contributed by atoms with Gasteiger partial charge in [-0.25, -0.2) is 4.68 Å². The van der Waals surface area contributed by atoms with Crippen LogP contribution in [0.25, 0.3) is 0 Å². The summed E-state index contributed by atoms with van der Waals surface area (Å²) in [7, 11) is 0. The Labute approximate surface area is 162 Å². The Hall–Kier alpha value is -3.20. The first-order valence-corrected chi connectivity index (χ1v) is 9.21. The van der Waals surface area contributed by atoms with Gasteiger partial charge in [0.15, 0.2) is 6.29 Å². The van der Waals surface area contributed by atoms with Crippen molar-refractivity contribution < 1.29 is 14.4 Å². The lowest BCUT2D eigenvalue weighted by atomic mass is 10.1. The standard InChI is InChI=1S/C19H24N6O3/c1-3-14-10-16(26)23-19(21-14)25-15(9-12(2)24-25)22-18(28)17(27)20-11-13-7-5-4-6-8-13/h4-9,14,19,21H,3,10-11H2,1-2H3,(H,20,27)(H,22,28)(H,23,26). The van der Waals surface area contributed by atoms with Crippen LogP contribution in [-0.4, -0.2) is 33.5 Å². The molecule has 1 aliphatic heterocycles. The molecule has 28 heavy (non-hydrogen) atoms. The van der Waals surface area contributed by atoms with Gasteiger partial charge in [-0.3, -0.25) is 19.7 Å². The first-order valence-electron chi connectivity index (χ1n) is 9.21. The average Bonchev–Trinajstić information content (AvgIpc) is 3.06. The van der Waals surface area contributed by atoms with Crippen LogP contribution in [0.4, 0.5) is 5.82 Å². The van der Waals surface area contributed by atoms with Crippen LogP contribution in [0.15, 0.2) is 36.4 Å². The second kappa shape index (κ2) is 8.66. The molecule has 0 saturated carbocycles. The fraction of sp³-hybridized carbons (Fsp3) is 0.368. The zero-order valence-electron chi connectivity index (χ0n) is 15.9. The lowest BCUT2D eigenvalue weighted by Gasteiger charge is -2.31. The summed E-state index contributed by atoms with van der Waals surface area (Å²) in [5.41, 5.74) is 1.54. The van der Waals surface area contributed by atoms with Crippen molar-refractivity contribution in [2.45, 2.75) is 45.6 Å². The van der Waals surface area contributed by atoms with Gasteiger partial charge in [0.25, 0.3) is 0 Å². The minimum Gasteiger partial charge on any atom is -0.344 e. The molecule has 2 aromatic rings. The second-order valence-corrected chi connectivity index (χ2v) is 6.68. The molecule has 3 amide bonds. The number of anilines is 1. The number of hydrogen-bond donors (Lipinski definition) is 4. The summed E-state index contributed by atoms with van der Waals surface area (Å²) in [5.74, 6) is -1.32. The molecule has 2 atom stereocenters. The third kappa shape index (κ3) is 4.74. The Morgan fingerprint density at radius 2 is 2.00 bits per heavy atom. The number of nitrogens with one attached hydrogen (secondary N) is 4. The van der Waals surface area contributed by atoms with Gasteiger partial charge in [-0.2, -0.15) is 5.10 Å². The van der Waals surface area contributed by atoms with Crippen molar-refractivity contribution in [1.29, 1.82) is 0 Å². The van der Waals surface area contributed by atoms with Crippen LogP contribution in [0.3, 0.4) is 0 Å². The lowest BCUT2D eigenvalue weighted by Crippen LogP contribution is -2.53. The SMILES string of the molecule is CCC1CC(=O)NC(n2nc(C)cc2NC(=O)C(=O)NCc2ccccc2)N1. The highest BCUT2D eigenvalue weighted by Crippen LogP contribution is 2.18. The van der Waals surface area contributed by atoms with E-state index in [-0.39, 0.29) is 18.5 Å². The van der Waals surface area contributed by atoms with Crippen molar-refractivity contribution in [2.24, 2.45) is 0 Å². The van der Waals surface area contributed by atoms with Gasteiger partial charge in [-0.1, -0.05) is 37.3 Å². The molecule has 0 aliphatic carbocycles. The van der Waals surface area contributed by atoms with Gasteiger partial charge >= 0.3 is 11.8 Å². The van der Waals surface area contributed by atoms with Gasteiger partial charge in [0, 0.05) is 25.1 Å². The van der Waals surface area contributed by atoms with Crippen LogP contribution in [0.1, 0.15) is 37.3 Å². The Balaban J connectivity index is 1.66. The molecule has 2 heterocycles. The van der Waals surface area contributed by atoms with E-state index < -0.39 is 18.1 Å². The fourth-order valence-electron chi connectivity index (χ4n) is 2.99. The van der Waals surface area contributed by atoms with Crippen LogP contribution >= 0.6 is 0 Å². The number of amides is 3. The molecule has 9 heteroatoms. The van der Waals surface area contributed by atoms with Crippen LogP contribution in [0.5, 0.6) is 0 Å². The number of aryl methyl sites for hydroxylation is 1. The summed E-state index contributed by atoms with van der Waals surface area (Å²) < 4.78 is 1.47. The van der Waals surface area contributed by atoms with E-state index in [0.717, 1.165) is 12.0 Å². The average molecular weight is 384 g/mol. The highest BCUT2D eigenvalue weighted by Gasteiger charge is 2.28. The minimum absolute atomic E-state index is 0.0148. The van der Waals surface area contributed by atoms with E-state index in [4.69, 9.17) is 0 Å². The largest absolute Gasteiger partial charge is 0.344 e. The highest BCUT2D eigenvalue weighted by molar-refractivity contribution is 6.39. The molecule has 0 spiro atoms. The summed E-state index contributed by atoms with van der Waals surface area (Å²) in [4.78, 5) is 36.4. The molecule has 1 saturated heterocycles. The molecule has 148 valence electrons. The zero-order valence-corrected chi connectivity index (χ0v) is 15.9. The van der Waals surface area contributed by atoms with Gasteiger partial charge in [0.05, 0.1) is 5.69 Å². The maximum absolute atomic E-state index is 12.3. The minimum atomic E-state index is -0.800. The molecule has 0 bridgehead atoms. The number of aromatic nitrogens is 2. The number of rotatable bonds is 5. The fourth-order valence-corrected chi connectivity index (χ4v) is 2.99. The number of benzene rings is 1. The molecule has 1 aliphatic rings. The Morgan fingerprint density at radius 3 is 2.71 bits per heavy atom. The summed E-state index contributed by atoms with van der Waals surface area (Å²) in [6, 6.07) is 11.0. The number of hydrogen-bond acceptors (Lipinski definition) is 5. The first kappa shape index (κ1) is 19.6. The van der Waals surface area contributed by atoms with E-state index in [1.807, 2.05) is 37.3 Å². The maximum Gasteiger partial charge on any atom is 0.314 e. The third-order valence-corrected chi connectivity index (χ3v) is 4.46. The third-order valence-electron chi connectivity index (χ3n) is 4.46. The van der Waals surface area contributed by atoms with Crippen molar-refractivity contribution in [3.05, 3.63) is 47.7 Å². The summed E-state index contributed by atoms with van der Waals surface area (Å²) in [6.45, 7) is 4.01. The summed E-state index contributed by atoms with van der Waals surface area (Å²) in [5, 5.41) is 15.6. The lowest BCUT2D eigenvalue weighted by molar-refractivity contribution is -0.136. The number of nitrogens with zero attached hydrogens (tertiary/aromatic N) is 2. The Morgan fingerprint density at radius 1 is 1.25 bits per heavy atom. The van der Waals surface area contributed by atoms with E-state index in [9.17, 15) is 14.4 Å². The van der Waals surface area contributed by atoms with Crippen molar-refractivity contribution in [3.8, 4) is 0 Å². The van der Waals surface area contributed by atoms with Gasteiger partial charge < -0.3 is 16.0 Å². The second-order valence-electron chi connectivity index (χ2n) is 6.68. The predicted octanol–water partition coefficient (Wildman–Crippen LogP) is 0.791. The maximum atomic E-state index is 12.3. The van der Waals surface area contributed by atoms with E-state index in [2.05, 4.69) is 26.4 Å². The molecule has 0 radical (unpaired) electrons. The molecule has 1 aromatic carbocycles. The quantitative estimate of drug-likeness (QED) is 0.569. The van der Waals surface area contributed by atoms with Crippen LogP contribution in [-0.2, 0) is 20.9 Å². The van der Waals surface area contributed by atoms with E-state index >= 15 is 0 Å². The van der Waals surface area contributed by atoms with Gasteiger partial charge in [0.2, 0.25) is 5.91 Å². The smallest absolute Gasteiger partial charge is 0.314 e. The van der Waals surface area contributed by atoms with E-state index in [1.54, 1.807) is 13.0 Å². The summed E-state index contributed by atoms with van der Waals surface area (Å²) in [6.07, 6.45) is 0.576. The molecular weight excluding hydrogens is 360 g/mol. The molecule has 1 fully saturated rings.